The lowest BCUT2D eigenvalue weighted by Gasteiger charge is -2.39. The molecule has 166 valence electrons. The van der Waals surface area contributed by atoms with Gasteiger partial charge in [0.1, 0.15) is 0 Å². The lowest BCUT2D eigenvalue weighted by molar-refractivity contribution is -0.142. The number of carbonyl (C=O) groups is 2. The lowest BCUT2D eigenvalue weighted by atomic mass is 9.95. The first kappa shape index (κ1) is 22.0. The zero-order valence-corrected chi connectivity index (χ0v) is 18.4. The van der Waals surface area contributed by atoms with Crippen molar-refractivity contribution in [3.05, 3.63) is 71.3 Å². The zero-order valence-electron chi connectivity index (χ0n) is 18.4. The van der Waals surface area contributed by atoms with Crippen molar-refractivity contribution in [3.8, 4) is 6.07 Å². The van der Waals surface area contributed by atoms with E-state index in [4.69, 9.17) is 5.26 Å². The number of carbonyl (C=O) groups excluding carboxylic acids is 2. The molecule has 0 spiro atoms. The SMILES string of the molecule is N#Cc1ccc(CN2CCN(C(=O)C3CCCN(C(=O)Cc4ccccc4)C3)CC2)cc1. The topological polar surface area (TPSA) is 67.7 Å². The summed E-state index contributed by atoms with van der Waals surface area (Å²) in [6, 6.07) is 19.6. The average Bonchev–Trinajstić information content (AvgIpc) is 2.85. The molecule has 1 atom stereocenters. The molecule has 0 aliphatic carbocycles. The van der Waals surface area contributed by atoms with Crippen LogP contribution in [0.5, 0.6) is 0 Å². The molecule has 2 aromatic carbocycles. The highest BCUT2D eigenvalue weighted by atomic mass is 16.2. The van der Waals surface area contributed by atoms with Gasteiger partial charge in [-0.3, -0.25) is 14.5 Å². The Morgan fingerprint density at radius 1 is 0.875 bits per heavy atom. The third kappa shape index (κ3) is 5.54. The van der Waals surface area contributed by atoms with E-state index in [1.54, 1.807) is 0 Å². The Morgan fingerprint density at radius 3 is 2.28 bits per heavy atom. The van der Waals surface area contributed by atoms with Gasteiger partial charge in [-0.15, -0.1) is 0 Å². The Hall–Kier alpha value is -3.17. The van der Waals surface area contributed by atoms with Gasteiger partial charge in [0.2, 0.25) is 11.8 Å². The largest absolute Gasteiger partial charge is 0.342 e. The summed E-state index contributed by atoms with van der Waals surface area (Å²) in [5.41, 5.74) is 2.88. The number of nitriles is 1. The van der Waals surface area contributed by atoms with Crippen LogP contribution in [0, 0.1) is 17.2 Å². The standard InChI is InChI=1S/C26H30N4O2/c27-18-22-8-10-23(11-9-22)19-28-13-15-29(16-14-28)26(32)24-7-4-12-30(20-24)25(31)17-21-5-2-1-3-6-21/h1-3,5-6,8-11,24H,4,7,12-17,19-20H2. The fourth-order valence-electron chi connectivity index (χ4n) is 4.61. The van der Waals surface area contributed by atoms with Crippen molar-refractivity contribution < 1.29 is 9.59 Å². The zero-order chi connectivity index (χ0) is 22.3. The summed E-state index contributed by atoms with van der Waals surface area (Å²) < 4.78 is 0. The number of rotatable bonds is 5. The summed E-state index contributed by atoms with van der Waals surface area (Å²) >= 11 is 0. The van der Waals surface area contributed by atoms with Crippen LogP contribution in [0.1, 0.15) is 29.5 Å². The summed E-state index contributed by atoms with van der Waals surface area (Å²) in [6.07, 6.45) is 2.14. The van der Waals surface area contributed by atoms with Crippen LogP contribution >= 0.6 is 0 Å². The Morgan fingerprint density at radius 2 is 1.59 bits per heavy atom. The van der Waals surface area contributed by atoms with Gasteiger partial charge in [0.15, 0.2) is 0 Å². The second-order valence-corrected chi connectivity index (χ2v) is 8.75. The van der Waals surface area contributed by atoms with Crippen molar-refractivity contribution in [2.75, 3.05) is 39.3 Å². The van der Waals surface area contributed by atoms with Gasteiger partial charge >= 0.3 is 0 Å². The van der Waals surface area contributed by atoms with Crippen molar-refractivity contribution in [1.82, 2.24) is 14.7 Å². The van der Waals surface area contributed by atoms with Gasteiger partial charge in [0.25, 0.3) is 0 Å². The fraction of sp³-hybridized carbons (Fsp3) is 0.423. The highest BCUT2D eigenvalue weighted by Gasteiger charge is 2.32. The van der Waals surface area contributed by atoms with Gasteiger partial charge in [-0.1, -0.05) is 42.5 Å². The molecule has 0 radical (unpaired) electrons. The average molecular weight is 431 g/mol. The predicted molar refractivity (Wildman–Crippen MR) is 122 cm³/mol. The maximum Gasteiger partial charge on any atom is 0.227 e. The molecule has 2 heterocycles. The Bertz CT molecular complexity index is 960. The van der Waals surface area contributed by atoms with Gasteiger partial charge in [0.05, 0.1) is 24.0 Å². The second kappa shape index (κ2) is 10.4. The first-order valence-electron chi connectivity index (χ1n) is 11.4. The number of piperazine rings is 1. The summed E-state index contributed by atoms with van der Waals surface area (Å²) in [6.45, 7) is 5.25. The molecule has 0 bridgehead atoms. The van der Waals surface area contributed by atoms with Gasteiger partial charge < -0.3 is 9.80 Å². The molecule has 2 aliphatic rings. The fourth-order valence-corrected chi connectivity index (χ4v) is 4.61. The van der Waals surface area contributed by atoms with Crippen molar-refractivity contribution in [3.63, 3.8) is 0 Å². The normalized spacial score (nSPS) is 19.4. The molecule has 2 amide bonds. The molecular formula is C26H30N4O2. The predicted octanol–water partition coefficient (Wildman–Crippen LogP) is 2.68. The maximum atomic E-state index is 13.2. The first-order valence-corrected chi connectivity index (χ1v) is 11.4. The molecule has 2 saturated heterocycles. The third-order valence-corrected chi connectivity index (χ3v) is 6.49. The van der Waals surface area contributed by atoms with Crippen LogP contribution in [-0.2, 0) is 22.6 Å². The molecule has 2 aliphatic heterocycles. The van der Waals surface area contributed by atoms with Crippen LogP contribution in [0.4, 0.5) is 0 Å². The second-order valence-electron chi connectivity index (χ2n) is 8.75. The van der Waals surface area contributed by atoms with Crippen LogP contribution < -0.4 is 0 Å². The molecule has 6 nitrogen and oxygen atoms in total. The lowest BCUT2D eigenvalue weighted by Crippen LogP contribution is -2.52. The van der Waals surface area contributed by atoms with E-state index in [9.17, 15) is 9.59 Å². The summed E-state index contributed by atoms with van der Waals surface area (Å²) in [5, 5.41) is 8.93. The highest BCUT2D eigenvalue weighted by Crippen LogP contribution is 2.21. The number of amides is 2. The third-order valence-electron chi connectivity index (χ3n) is 6.49. The summed E-state index contributed by atoms with van der Waals surface area (Å²) in [7, 11) is 0. The number of hydrogen-bond donors (Lipinski definition) is 0. The van der Waals surface area contributed by atoms with Crippen LogP contribution in [0.3, 0.4) is 0 Å². The van der Waals surface area contributed by atoms with E-state index in [1.165, 1.54) is 5.56 Å². The van der Waals surface area contributed by atoms with E-state index in [2.05, 4.69) is 11.0 Å². The van der Waals surface area contributed by atoms with Crippen LogP contribution in [0.15, 0.2) is 54.6 Å². The molecule has 32 heavy (non-hydrogen) atoms. The molecule has 2 fully saturated rings. The van der Waals surface area contributed by atoms with Gasteiger partial charge in [-0.25, -0.2) is 0 Å². The number of piperidine rings is 1. The van der Waals surface area contributed by atoms with E-state index >= 15 is 0 Å². The van der Waals surface area contributed by atoms with E-state index in [-0.39, 0.29) is 17.7 Å². The van der Waals surface area contributed by atoms with Crippen LogP contribution in [-0.4, -0.2) is 65.8 Å². The van der Waals surface area contributed by atoms with E-state index in [0.717, 1.165) is 57.7 Å². The monoisotopic (exact) mass is 430 g/mol. The van der Waals surface area contributed by atoms with Crippen LogP contribution in [0.25, 0.3) is 0 Å². The van der Waals surface area contributed by atoms with Gasteiger partial charge in [-0.05, 0) is 36.1 Å². The summed E-state index contributed by atoms with van der Waals surface area (Å²) in [4.78, 5) is 32.1. The van der Waals surface area contributed by atoms with Crippen molar-refractivity contribution >= 4 is 11.8 Å². The number of benzene rings is 2. The Labute approximate surface area is 190 Å². The smallest absolute Gasteiger partial charge is 0.227 e. The van der Waals surface area contributed by atoms with E-state index in [1.807, 2.05) is 64.4 Å². The molecule has 6 heteroatoms. The molecule has 0 saturated carbocycles. The Kier molecular flexibility index (Phi) is 7.18. The molecule has 0 N–H and O–H groups in total. The van der Waals surface area contributed by atoms with E-state index in [0.29, 0.717) is 18.5 Å². The van der Waals surface area contributed by atoms with E-state index < -0.39 is 0 Å². The molecule has 4 rings (SSSR count). The maximum absolute atomic E-state index is 13.2. The minimum atomic E-state index is -0.0893. The summed E-state index contributed by atoms with van der Waals surface area (Å²) in [5.74, 6) is 0.217. The molecule has 1 unspecified atom stereocenters. The van der Waals surface area contributed by atoms with Crippen molar-refractivity contribution in [2.45, 2.75) is 25.8 Å². The van der Waals surface area contributed by atoms with Gasteiger partial charge in [0, 0.05) is 45.8 Å². The number of nitrogens with zero attached hydrogens (tertiary/aromatic N) is 4. The molecule has 2 aromatic rings. The highest BCUT2D eigenvalue weighted by molar-refractivity contribution is 5.82. The Balaban J connectivity index is 1.26. The quantitative estimate of drug-likeness (QED) is 0.732. The molecular weight excluding hydrogens is 400 g/mol. The van der Waals surface area contributed by atoms with Crippen molar-refractivity contribution in [2.24, 2.45) is 5.92 Å². The van der Waals surface area contributed by atoms with Crippen LogP contribution in [0.2, 0.25) is 0 Å². The minimum Gasteiger partial charge on any atom is -0.342 e. The van der Waals surface area contributed by atoms with Crippen molar-refractivity contribution in [1.29, 1.82) is 5.26 Å². The number of likely N-dealkylation sites (tertiary alicyclic amines) is 1. The first-order chi connectivity index (χ1) is 15.6. The minimum absolute atomic E-state index is 0.0893. The number of hydrogen-bond acceptors (Lipinski definition) is 4. The van der Waals surface area contributed by atoms with Gasteiger partial charge in [-0.2, -0.15) is 5.26 Å². The molecule has 0 aromatic heterocycles.